The van der Waals surface area contributed by atoms with Crippen molar-refractivity contribution in [2.24, 2.45) is 0 Å². The Morgan fingerprint density at radius 1 is 1.24 bits per heavy atom. The minimum absolute atomic E-state index is 0.334. The quantitative estimate of drug-likeness (QED) is 0.782. The number of benzene rings is 2. The summed E-state index contributed by atoms with van der Waals surface area (Å²) in [5.41, 5.74) is 2.22. The Hall–Kier alpha value is -3.02. The van der Waals surface area contributed by atoms with Gasteiger partial charge in [0.2, 0.25) is 0 Å². The summed E-state index contributed by atoms with van der Waals surface area (Å²) in [5, 5.41) is 14.8. The molecule has 2 aromatic carbocycles. The van der Waals surface area contributed by atoms with Crippen molar-refractivity contribution in [3.05, 3.63) is 53.7 Å². The topological polar surface area (TPSA) is 79.2 Å². The van der Waals surface area contributed by atoms with Crippen LogP contribution in [0.15, 0.2) is 48.5 Å². The lowest BCUT2D eigenvalue weighted by atomic mass is 10.2. The molecular formula is C15H12N3O3-. The Kier molecular flexibility index (Phi) is 3.19. The van der Waals surface area contributed by atoms with Gasteiger partial charge in [-0.3, -0.25) is 5.32 Å². The summed E-state index contributed by atoms with van der Waals surface area (Å²) in [6, 6.07) is 14.1. The van der Waals surface area contributed by atoms with E-state index in [2.05, 4.69) is 15.0 Å². The molecule has 1 amide bonds. The van der Waals surface area contributed by atoms with Crippen LogP contribution in [-0.2, 0) is 4.74 Å². The molecule has 106 valence electrons. The van der Waals surface area contributed by atoms with Gasteiger partial charge in [-0.2, -0.15) is 0 Å². The van der Waals surface area contributed by atoms with Crippen molar-refractivity contribution < 1.29 is 9.53 Å². The fourth-order valence-corrected chi connectivity index (χ4v) is 2.07. The smallest absolute Gasteiger partial charge is 0.411 e. The van der Waals surface area contributed by atoms with Crippen molar-refractivity contribution in [3.8, 4) is 11.4 Å². The Balaban J connectivity index is 2.06. The van der Waals surface area contributed by atoms with Crippen molar-refractivity contribution in [3.63, 3.8) is 0 Å². The molecule has 6 nitrogen and oxygen atoms in total. The third kappa shape index (κ3) is 2.38. The van der Waals surface area contributed by atoms with Gasteiger partial charge in [-0.15, -0.1) is 0 Å². The molecule has 0 saturated carbocycles. The lowest BCUT2D eigenvalue weighted by Gasteiger charge is -2.12. The molecule has 6 heteroatoms. The first-order valence-corrected chi connectivity index (χ1v) is 6.29. The van der Waals surface area contributed by atoms with Gasteiger partial charge in [-0.05, 0) is 18.2 Å². The summed E-state index contributed by atoms with van der Waals surface area (Å²) in [6.07, 6.45) is -0.570. The van der Waals surface area contributed by atoms with Crippen LogP contribution in [0.2, 0.25) is 0 Å². The SMILES string of the molecule is COC(=O)Nc1ccc2c(c1)nc(-c1ccccc1)n2[O-]. The van der Waals surface area contributed by atoms with Gasteiger partial charge in [0.15, 0.2) is 0 Å². The van der Waals surface area contributed by atoms with Crippen LogP contribution in [0.25, 0.3) is 22.4 Å². The number of fused-ring (bicyclic) bond motifs is 1. The molecule has 0 atom stereocenters. The van der Waals surface area contributed by atoms with Crippen LogP contribution in [-0.4, -0.2) is 22.9 Å². The molecule has 0 aliphatic heterocycles. The predicted octanol–water partition coefficient (Wildman–Crippen LogP) is 3.23. The Labute approximate surface area is 120 Å². The van der Waals surface area contributed by atoms with Crippen LogP contribution in [0.5, 0.6) is 0 Å². The van der Waals surface area contributed by atoms with Crippen LogP contribution >= 0.6 is 0 Å². The number of rotatable bonds is 2. The maximum absolute atomic E-state index is 12.3. The first kappa shape index (κ1) is 13.0. The van der Waals surface area contributed by atoms with Gasteiger partial charge in [-0.25, -0.2) is 9.78 Å². The number of carbonyl (C=O) groups excluding carboxylic acids is 1. The van der Waals surface area contributed by atoms with Gasteiger partial charge < -0.3 is 14.7 Å². The van der Waals surface area contributed by atoms with Gasteiger partial charge in [0.1, 0.15) is 5.82 Å². The number of carbonyl (C=O) groups is 1. The first-order valence-electron chi connectivity index (χ1n) is 6.29. The fraction of sp³-hybridized carbons (Fsp3) is 0.0667. The van der Waals surface area contributed by atoms with Gasteiger partial charge >= 0.3 is 6.09 Å². The number of amides is 1. The van der Waals surface area contributed by atoms with E-state index in [9.17, 15) is 10.0 Å². The van der Waals surface area contributed by atoms with Gasteiger partial charge in [-0.1, -0.05) is 30.3 Å². The number of hydrogen-bond donors (Lipinski definition) is 1. The molecule has 1 aromatic heterocycles. The van der Waals surface area contributed by atoms with E-state index in [1.54, 1.807) is 18.2 Å². The highest BCUT2D eigenvalue weighted by Gasteiger charge is 2.09. The molecule has 0 bridgehead atoms. The molecule has 3 aromatic rings. The molecular weight excluding hydrogens is 270 g/mol. The largest absolute Gasteiger partial charge is 0.804 e. The summed E-state index contributed by atoms with van der Waals surface area (Å²) >= 11 is 0. The first-order chi connectivity index (χ1) is 10.2. The second-order valence-corrected chi connectivity index (χ2v) is 4.42. The zero-order valence-corrected chi connectivity index (χ0v) is 11.2. The average molecular weight is 282 g/mol. The third-order valence-electron chi connectivity index (χ3n) is 3.08. The number of nitrogens with zero attached hydrogens (tertiary/aromatic N) is 2. The van der Waals surface area contributed by atoms with Crippen LogP contribution in [0, 0.1) is 5.21 Å². The molecule has 1 N–H and O–H groups in total. The lowest BCUT2D eigenvalue weighted by Crippen LogP contribution is -2.10. The zero-order valence-electron chi connectivity index (χ0n) is 11.2. The highest BCUT2D eigenvalue weighted by Crippen LogP contribution is 2.25. The molecule has 0 aliphatic carbocycles. The van der Waals surface area contributed by atoms with E-state index in [1.165, 1.54) is 7.11 Å². The Bertz CT molecular complexity index is 797. The van der Waals surface area contributed by atoms with Crippen LogP contribution in [0.4, 0.5) is 10.5 Å². The number of imidazole rings is 1. The van der Waals surface area contributed by atoms with Gasteiger partial charge in [0, 0.05) is 11.3 Å². The lowest BCUT2D eigenvalue weighted by molar-refractivity contribution is 0.187. The highest BCUT2D eigenvalue weighted by molar-refractivity contribution is 5.90. The normalized spacial score (nSPS) is 10.5. The van der Waals surface area contributed by atoms with Crippen LogP contribution in [0.3, 0.4) is 0 Å². The molecule has 0 radical (unpaired) electrons. The average Bonchev–Trinajstić information content (AvgIpc) is 2.84. The number of nitrogens with one attached hydrogen (secondary N) is 1. The molecule has 0 fully saturated rings. The zero-order chi connectivity index (χ0) is 14.8. The van der Waals surface area contributed by atoms with E-state index in [0.717, 1.165) is 10.3 Å². The van der Waals surface area contributed by atoms with Gasteiger partial charge in [0.25, 0.3) is 0 Å². The molecule has 21 heavy (non-hydrogen) atoms. The van der Waals surface area contributed by atoms with E-state index in [0.29, 0.717) is 22.5 Å². The minimum atomic E-state index is -0.570. The van der Waals surface area contributed by atoms with Crippen molar-refractivity contribution >= 4 is 22.8 Å². The second-order valence-electron chi connectivity index (χ2n) is 4.42. The van der Waals surface area contributed by atoms with Crippen molar-refractivity contribution in [1.82, 2.24) is 9.71 Å². The molecule has 0 unspecified atom stereocenters. The highest BCUT2D eigenvalue weighted by atomic mass is 16.5. The van der Waals surface area contributed by atoms with E-state index >= 15 is 0 Å². The number of methoxy groups -OCH3 is 1. The maximum atomic E-state index is 12.3. The fourth-order valence-electron chi connectivity index (χ4n) is 2.07. The minimum Gasteiger partial charge on any atom is -0.804 e. The Morgan fingerprint density at radius 3 is 2.71 bits per heavy atom. The molecule has 0 aliphatic rings. The summed E-state index contributed by atoms with van der Waals surface area (Å²) in [4.78, 5) is 15.5. The number of ether oxygens (including phenoxy) is 1. The molecule has 1 heterocycles. The van der Waals surface area contributed by atoms with Crippen molar-refractivity contribution in [2.45, 2.75) is 0 Å². The van der Waals surface area contributed by atoms with Crippen LogP contribution < -0.4 is 5.32 Å². The monoisotopic (exact) mass is 282 g/mol. The predicted molar refractivity (Wildman–Crippen MR) is 80.0 cm³/mol. The number of aromatic nitrogens is 2. The summed E-state index contributed by atoms with van der Waals surface area (Å²) in [7, 11) is 1.29. The standard InChI is InChI=1S/C15H12N3O3/c1-21-15(19)16-11-7-8-13-12(9-11)17-14(18(13)20)10-5-3-2-4-6-10/h2-9H,1H3,(H,16,19)/q-1. The van der Waals surface area contributed by atoms with Crippen LogP contribution in [0.1, 0.15) is 0 Å². The number of anilines is 1. The van der Waals surface area contributed by atoms with Gasteiger partial charge in [0.05, 0.1) is 18.1 Å². The second kappa shape index (κ2) is 5.16. The van der Waals surface area contributed by atoms with E-state index < -0.39 is 6.09 Å². The van der Waals surface area contributed by atoms with E-state index in [1.807, 2.05) is 30.3 Å². The number of hydrogen-bond acceptors (Lipinski definition) is 4. The van der Waals surface area contributed by atoms with E-state index in [4.69, 9.17) is 0 Å². The summed E-state index contributed by atoms with van der Waals surface area (Å²) in [6.45, 7) is 0. The molecule has 3 rings (SSSR count). The molecule has 0 saturated heterocycles. The van der Waals surface area contributed by atoms with Crippen molar-refractivity contribution in [1.29, 1.82) is 0 Å². The third-order valence-corrected chi connectivity index (χ3v) is 3.08. The maximum Gasteiger partial charge on any atom is 0.411 e. The molecule has 0 spiro atoms. The van der Waals surface area contributed by atoms with E-state index in [-0.39, 0.29) is 0 Å². The Morgan fingerprint density at radius 2 is 2.00 bits per heavy atom. The summed E-state index contributed by atoms with van der Waals surface area (Å²) < 4.78 is 5.31. The summed E-state index contributed by atoms with van der Waals surface area (Å²) in [5.74, 6) is 0.334. The van der Waals surface area contributed by atoms with Crippen molar-refractivity contribution in [2.75, 3.05) is 12.4 Å².